The monoisotopic (exact) mass is 298 g/mol. The molecule has 0 spiro atoms. The van der Waals surface area contributed by atoms with Crippen molar-refractivity contribution in [3.63, 3.8) is 0 Å². The molecule has 1 atom stereocenters. The maximum absolute atomic E-state index is 10.00. The van der Waals surface area contributed by atoms with Crippen LogP contribution in [0.25, 0.3) is 0 Å². The van der Waals surface area contributed by atoms with Crippen LogP contribution in [0.15, 0.2) is 60.4 Å². The van der Waals surface area contributed by atoms with Gasteiger partial charge in [-0.2, -0.15) is 0 Å². The van der Waals surface area contributed by atoms with Crippen LogP contribution in [-0.4, -0.2) is 17.8 Å². The molecule has 0 fully saturated rings. The molecule has 0 bridgehead atoms. The van der Waals surface area contributed by atoms with Crippen molar-refractivity contribution in [2.75, 3.05) is 16.3 Å². The number of para-hydroxylation sites is 2. The van der Waals surface area contributed by atoms with E-state index in [1.807, 2.05) is 42.5 Å². The Hall–Kier alpha value is -1.97. The van der Waals surface area contributed by atoms with Crippen LogP contribution < -0.4 is 9.80 Å². The molecular formula is C17H15ClN2O. The molecule has 2 aliphatic heterocycles. The minimum absolute atomic E-state index is 0.396. The first kappa shape index (κ1) is 12.7. The third kappa shape index (κ3) is 2.01. The smallest absolute Gasteiger partial charge is 0.116 e. The summed E-state index contributed by atoms with van der Waals surface area (Å²) in [5, 5.41) is 10.7. The van der Waals surface area contributed by atoms with Crippen molar-refractivity contribution < 1.29 is 5.11 Å². The number of anilines is 3. The number of fused-ring (bicyclic) bond motifs is 3. The first-order valence-electron chi connectivity index (χ1n) is 7.06. The van der Waals surface area contributed by atoms with E-state index in [1.165, 1.54) is 5.69 Å². The van der Waals surface area contributed by atoms with E-state index < -0.39 is 6.10 Å². The van der Waals surface area contributed by atoms with Gasteiger partial charge < -0.3 is 10.0 Å². The second kappa shape index (κ2) is 4.79. The Morgan fingerprint density at radius 3 is 2.67 bits per heavy atom. The second-order valence-corrected chi connectivity index (χ2v) is 5.77. The Balaban J connectivity index is 1.91. The molecule has 0 saturated carbocycles. The van der Waals surface area contributed by atoms with E-state index in [-0.39, 0.29) is 0 Å². The molecule has 106 valence electrons. The SMILES string of the molecule is OC1C=C2N(CC1)c1ccccc1N2c1cccc(Cl)c1. The lowest BCUT2D eigenvalue weighted by molar-refractivity contribution is 0.209. The van der Waals surface area contributed by atoms with Gasteiger partial charge in [0.1, 0.15) is 5.82 Å². The molecule has 2 aromatic rings. The number of aliphatic hydroxyl groups is 1. The molecule has 0 aromatic heterocycles. The summed E-state index contributed by atoms with van der Waals surface area (Å²) in [6.07, 6.45) is 2.28. The van der Waals surface area contributed by atoms with Crippen LogP contribution in [-0.2, 0) is 0 Å². The highest BCUT2D eigenvalue weighted by Gasteiger charge is 2.34. The topological polar surface area (TPSA) is 26.7 Å². The Bertz CT molecular complexity index is 728. The molecule has 2 aromatic carbocycles. The van der Waals surface area contributed by atoms with Crippen molar-refractivity contribution in [3.05, 3.63) is 65.5 Å². The molecule has 3 nitrogen and oxygen atoms in total. The third-order valence-electron chi connectivity index (χ3n) is 3.98. The minimum Gasteiger partial charge on any atom is -0.389 e. The maximum Gasteiger partial charge on any atom is 0.116 e. The molecule has 4 rings (SSSR count). The van der Waals surface area contributed by atoms with Gasteiger partial charge in [-0.25, -0.2) is 0 Å². The zero-order valence-electron chi connectivity index (χ0n) is 11.4. The normalized spacial score (nSPS) is 20.1. The first-order valence-corrected chi connectivity index (χ1v) is 7.44. The molecule has 2 heterocycles. The van der Waals surface area contributed by atoms with E-state index in [4.69, 9.17) is 11.6 Å². The summed E-state index contributed by atoms with van der Waals surface area (Å²) in [5.74, 6) is 1.01. The highest BCUT2D eigenvalue weighted by Crippen LogP contribution is 2.47. The lowest BCUT2D eigenvalue weighted by Crippen LogP contribution is -2.33. The Morgan fingerprint density at radius 1 is 1.05 bits per heavy atom. The van der Waals surface area contributed by atoms with E-state index in [1.54, 1.807) is 0 Å². The van der Waals surface area contributed by atoms with Crippen LogP contribution in [0.3, 0.4) is 0 Å². The second-order valence-electron chi connectivity index (χ2n) is 5.34. The predicted octanol–water partition coefficient (Wildman–Crippen LogP) is 3.90. The largest absolute Gasteiger partial charge is 0.389 e. The number of rotatable bonds is 1. The van der Waals surface area contributed by atoms with Crippen LogP contribution in [0.4, 0.5) is 17.1 Å². The molecule has 0 saturated heterocycles. The van der Waals surface area contributed by atoms with Crippen molar-refractivity contribution in [3.8, 4) is 0 Å². The molecule has 21 heavy (non-hydrogen) atoms. The summed E-state index contributed by atoms with van der Waals surface area (Å²) >= 11 is 6.15. The molecule has 1 unspecified atom stereocenters. The molecule has 0 aliphatic carbocycles. The van der Waals surface area contributed by atoms with Gasteiger partial charge in [-0.05, 0) is 42.8 Å². The quantitative estimate of drug-likeness (QED) is 0.865. The van der Waals surface area contributed by atoms with E-state index in [0.717, 1.165) is 30.2 Å². The fourth-order valence-electron chi connectivity index (χ4n) is 3.05. The summed E-state index contributed by atoms with van der Waals surface area (Å²) in [6.45, 7) is 0.821. The van der Waals surface area contributed by atoms with E-state index in [9.17, 15) is 5.11 Å². The van der Waals surface area contributed by atoms with Gasteiger partial charge in [0.15, 0.2) is 0 Å². The zero-order valence-corrected chi connectivity index (χ0v) is 12.2. The number of benzene rings is 2. The number of nitrogens with zero attached hydrogens (tertiary/aromatic N) is 2. The van der Waals surface area contributed by atoms with E-state index >= 15 is 0 Å². The fourth-order valence-corrected chi connectivity index (χ4v) is 3.24. The fraction of sp³-hybridized carbons (Fsp3) is 0.176. The summed E-state index contributed by atoms with van der Waals surface area (Å²) in [4.78, 5) is 4.41. The molecule has 2 aliphatic rings. The summed E-state index contributed by atoms with van der Waals surface area (Å²) in [7, 11) is 0. The van der Waals surface area contributed by atoms with Crippen LogP contribution in [0.5, 0.6) is 0 Å². The lowest BCUT2D eigenvalue weighted by Gasteiger charge is -2.30. The van der Waals surface area contributed by atoms with Crippen molar-refractivity contribution >= 4 is 28.7 Å². The number of hydrogen-bond donors (Lipinski definition) is 1. The van der Waals surface area contributed by atoms with Crippen molar-refractivity contribution in [2.45, 2.75) is 12.5 Å². The summed E-state index contributed by atoms with van der Waals surface area (Å²) in [6, 6.07) is 16.1. The summed E-state index contributed by atoms with van der Waals surface area (Å²) < 4.78 is 0. The molecule has 0 amide bonds. The zero-order chi connectivity index (χ0) is 14.4. The number of aliphatic hydroxyl groups excluding tert-OH is 1. The summed E-state index contributed by atoms with van der Waals surface area (Å²) in [5.41, 5.74) is 3.31. The van der Waals surface area contributed by atoms with Crippen LogP contribution in [0.1, 0.15) is 6.42 Å². The van der Waals surface area contributed by atoms with Crippen LogP contribution in [0.2, 0.25) is 5.02 Å². The number of halogens is 1. The molecule has 1 N–H and O–H groups in total. The minimum atomic E-state index is -0.396. The van der Waals surface area contributed by atoms with Crippen LogP contribution >= 0.6 is 11.6 Å². The predicted molar refractivity (Wildman–Crippen MR) is 86.1 cm³/mol. The standard InChI is InChI=1S/C17H15ClN2O/c18-12-4-3-5-13(10-12)20-16-7-2-1-6-15(16)19-9-8-14(21)11-17(19)20/h1-7,10-11,14,21H,8-9H2. The maximum atomic E-state index is 10.00. The van der Waals surface area contributed by atoms with Gasteiger partial charge in [0.05, 0.1) is 17.5 Å². The lowest BCUT2D eigenvalue weighted by atomic mass is 10.1. The Labute approximate surface area is 128 Å². The molecule has 4 heteroatoms. The van der Waals surface area contributed by atoms with Gasteiger partial charge in [0.2, 0.25) is 0 Å². The highest BCUT2D eigenvalue weighted by molar-refractivity contribution is 6.30. The average molecular weight is 299 g/mol. The van der Waals surface area contributed by atoms with E-state index in [2.05, 4.69) is 21.9 Å². The first-order chi connectivity index (χ1) is 10.2. The Morgan fingerprint density at radius 2 is 1.86 bits per heavy atom. The van der Waals surface area contributed by atoms with Gasteiger partial charge in [-0.15, -0.1) is 0 Å². The highest BCUT2D eigenvalue weighted by atomic mass is 35.5. The number of hydrogen-bond acceptors (Lipinski definition) is 3. The van der Waals surface area contributed by atoms with Gasteiger partial charge in [0, 0.05) is 17.3 Å². The van der Waals surface area contributed by atoms with Crippen molar-refractivity contribution in [1.29, 1.82) is 0 Å². The molecular weight excluding hydrogens is 284 g/mol. The van der Waals surface area contributed by atoms with Gasteiger partial charge in [-0.3, -0.25) is 4.90 Å². The third-order valence-corrected chi connectivity index (χ3v) is 4.21. The van der Waals surface area contributed by atoms with Gasteiger partial charge >= 0.3 is 0 Å². The van der Waals surface area contributed by atoms with Crippen molar-refractivity contribution in [2.24, 2.45) is 0 Å². The average Bonchev–Trinajstić information content (AvgIpc) is 2.80. The Kier molecular flexibility index (Phi) is 2.91. The van der Waals surface area contributed by atoms with Crippen molar-refractivity contribution in [1.82, 2.24) is 0 Å². The van der Waals surface area contributed by atoms with Gasteiger partial charge in [0.25, 0.3) is 0 Å². The molecule has 0 radical (unpaired) electrons. The van der Waals surface area contributed by atoms with E-state index in [0.29, 0.717) is 5.02 Å². The van der Waals surface area contributed by atoms with Crippen LogP contribution in [0, 0.1) is 0 Å². The van der Waals surface area contributed by atoms with Gasteiger partial charge in [-0.1, -0.05) is 29.8 Å².